The van der Waals surface area contributed by atoms with Gasteiger partial charge >= 0.3 is 0 Å². The predicted octanol–water partition coefficient (Wildman–Crippen LogP) is 1.34. The van der Waals surface area contributed by atoms with E-state index in [1.165, 1.54) is 11.8 Å². The molecule has 6 nitrogen and oxygen atoms in total. The summed E-state index contributed by atoms with van der Waals surface area (Å²) in [5.41, 5.74) is 1.05. The van der Waals surface area contributed by atoms with Gasteiger partial charge in [0.25, 0.3) is 5.91 Å². The van der Waals surface area contributed by atoms with E-state index in [1.54, 1.807) is 43.3 Å². The van der Waals surface area contributed by atoms with Crippen molar-refractivity contribution < 1.29 is 14.4 Å². The highest BCUT2D eigenvalue weighted by Crippen LogP contribution is 2.22. The molecule has 22 heavy (non-hydrogen) atoms. The number of anilines is 1. The van der Waals surface area contributed by atoms with E-state index < -0.39 is 6.04 Å². The molecule has 1 atom stereocenters. The minimum absolute atomic E-state index is 0.0520. The van der Waals surface area contributed by atoms with Gasteiger partial charge in [0.05, 0.1) is 0 Å². The van der Waals surface area contributed by atoms with Crippen LogP contribution in [0.25, 0.3) is 0 Å². The Labute approximate surface area is 130 Å². The average molecular weight is 303 g/mol. The third kappa shape index (κ3) is 3.44. The van der Waals surface area contributed by atoms with Crippen LogP contribution in [-0.4, -0.2) is 54.2 Å². The van der Waals surface area contributed by atoms with Gasteiger partial charge in [-0.15, -0.1) is 0 Å². The van der Waals surface area contributed by atoms with Crippen LogP contribution in [0.2, 0.25) is 0 Å². The summed E-state index contributed by atoms with van der Waals surface area (Å²) in [7, 11) is 3.39. The number of benzene rings is 1. The fourth-order valence-electron chi connectivity index (χ4n) is 2.66. The number of carbonyl (C=O) groups is 3. The minimum Gasteiger partial charge on any atom is -0.347 e. The lowest BCUT2D eigenvalue weighted by Crippen LogP contribution is -2.45. The second-order valence-corrected chi connectivity index (χ2v) is 5.65. The molecular weight excluding hydrogens is 282 g/mol. The van der Waals surface area contributed by atoms with Crippen LogP contribution < -0.4 is 5.32 Å². The van der Waals surface area contributed by atoms with Crippen molar-refractivity contribution in [2.75, 3.05) is 26.0 Å². The van der Waals surface area contributed by atoms with Crippen molar-refractivity contribution in [1.82, 2.24) is 9.80 Å². The van der Waals surface area contributed by atoms with Gasteiger partial charge in [-0.25, -0.2) is 0 Å². The van der Waals surface area contributed by atoms with E-state index in [4.69, 9.17) is 0 Å². The lowest BCUT2D eigenvalue weighted by atomic mass is 10.1. The molecule has 2 rings (SSSR count). The molecular formula is C16H21N3O3. The van der Waals surface area contributed by atoms with Gasteiger partial charge in [-0.2, -0.15) is 0 Å². The molecule has 118 valence electrons. The van der Waals surface area contributed by atoms with Crippen molar-refractivity contribution in [3.8, 4) is 0 Å². The fourth-order valence-corrected chi connectivity index (χ4v) is 2.66. The van der Waals surface area contributed by atoms with Gasteiger partial charge in [0, 0.05) is 38.8 Å². The molecule has 1 unspecified atom stereocenters. The summed E-state index contributed by atoms with van der Waals surface area (Å²) in [5.74, 6) is -0.416. The standard InChI is InChI=1S/C16H21N3O3/c1-11(20)17-13-7-4-6-12(10-13)15(21)19-9-5-8-14(19)16(22)18(2)3/h4,6-7,10,14H,5,8-9H2,1-3H3,(H,17,20). The van der Waals surface area contributed by atoms with Crippen molar-refractivity contribution >= 4 is 23.4 Å². The van der Waals surface area contributed by atoms with Gasteiger partial charge in [-0.3, -0.25) is 14.4 Å². The molecule has 0 radical (unpaired) electrons. The van der Waals surface area contributed by atoms with Crippen LogP contribution in [-0.2, 0) is 9.59 Å². The zero-order valence-corrected chi connectivity index (χ0v) is 13.1. The summed E-state index contributed by atoms with van der Waals surface area (Å²) in [4.78, 5) is 39.1. The van der Waals surface area contributed by atoms with E-state index in [9.17, 15) is 14.4 Å². The maximum absolute atomic E-state index is 12.7. The van der Waals surface area contributed by atoms with E-state index in [-0.39, 0.29) is 17.7 Å². The van der Waals surface area contributed by atoms with Crippen LogP contribution >= 0.6 is 0 Å². The largest absolute Gasteiger partial charge is 0.347 e. The van der Waals surface area contributed by atoms with Gasteiger partial charge in [0.15, 0.2) is 0 Å². The van der Waals surface area contributed by atoms with Gasteiger partial charge in [0.2, 0.25) is 11.8 Å². The molecule has 0 bridgehead atoms. The number of nitrogens with zero attached hydrogens (tertiary/aromatic N) is 2. The predicted molar refractivity (Wildman–Crippen MR) is 83.5 cm³/mol. The Bertz CT molecular complexity index is 598. The first-order valence-electron chi connectivity index (χ1n) is 7.30. The van der Waals surface area contributed by atoms with Crippen LogP contribution in [0.3, 0.4) is 0 Å². The molecule has 0 aliphatic carbocycles. The van der Waals surface area contributed by atoms with Gasteiger partial charge in [0.1, 0.15) is 6.04 Å². The summed E-state index contributed by atoms with van der Waals surface area (Å²) in [6, 6.07) is 6.39. The summed E-state index contributed by atoms with van der Waals surface area (Å²) in [6.07, 6.45) is 1.51. The minimum atomic E-state index is -0.396. The number of hydrogen-bond acceptors (Lipinski definition) is 3. The van der Waals surface area contributed by atoms with Crippen LogP contribution in [0.4, 0.5) is 5.69 Å². The highest BCUT2D eigenvalue weighted by atomic mass is 16.2. The molecule has 1 aliphatic rings. The monoisotopic (exact) mass is 303 g/mol. The lowest BCUT2D eigenvalue weighted by Gasteiger charge is -2.26. The molecule has 1 aliphatic heterocycles. The number of rotatable bonds is 3. The van der Waals surface area contributed by atoms with E-state index in [2.05, 4.69) is 5.32 Å². The van der Waals surface area contributed by atoms with Crippen LogP contribution in [0, 0.1) is 0 Å². The van der Waals surface area contributed by atoms with Crippen LogP contribution in [0.15, 0.2) is 24.3 Å². The van der Waals surface area contributed by atoms with Crippen molar-refractivity contribution in [3.05, 3.63) is 29.8 Å². The Hall–Kier alpha value is -2.37. The van der Waals surface area contributed by atoms with E-state index in [0.29, 0.717) is 24.2 Å². The number of carbonyl (C=O) groups excluding carboxylic acids is 3. The van der Waals surface area contributed by atoms with Crippen molar-refractivity contribution in [2.45, 2.75) is 25.8 Å². The Morgan fingerprint density at radius 3 is 2.64 bits per heavy atom. The molecule has 1 N–H and O–H groups in total. The molecule has 1 heterocycles. The van der Waals surface area contributed by atoms with Crippen LogP contribution in [0.5, 0.6) is 0 Å². The van der Waals surface area contributed by atoms with E-state index >= 15 is 0 Å². The molecule has 0 saturated carbocycles. The zero-order chi connectivity index (χ0) is 16.3. The SMILES string of the molecule is CC(=O)Nc1cccc(C(=O)N2CCCC2C(=O)N(C)C)c1. The van der Waals surface area contributed by atoms with E-state index in [1.807, 2.05) is 0 Å². The molecule has 1 aromatic carbocycles. The second kappa shape index (κ2) is 6.60. The highest BCUT2D eigenvalue weighted by molar-refractivity contribution is 5.99. The fraction of sp³-hybridized carbons (Fsp3) is 0.438. The van der Waals surface area contributed by atoms with Crippen molar-refractivity contribution in [3.63, 3.8) is 0 Å². The average Bonchev–Trinajstić information content (AvgIpc) is 2.94. The van der Waals surface area contributed by atoms with Gasteiger partial charge in [-0.1, -0.05) is 6.07 Å². The molecule has 6 heteroatoms. The van der Waals surface area contributed by atoms with Crippen molar-refractivity contribution in [2.24, 2.45) is 0 Å². The smallest absolute Gasteiger partial charge is 0.254 e. The Balaban J connectivity index is 2.20. The first-order chi connectivity index (χ1) is 10.4. The zero-order valence-electron chi connectivity index (χ0n) is 13.1. The van der Waals surface area contributed by atoms with Gasteiger partial charge in [-0.05, 0) is 31.0 Å². The topological polar surface area (TPSA) is 69.7 Å². The molecule has 0 aromatic heterocycles. The maximum Gasteiger partial charge on any atom is 0.254 e. The number of nitrogens with one attached hydrogen (secondary N) is 1. The maximum atomic E-state index is 12.7. The highest BCUT2D eigenvalue weighted by Gasteiger charge is 2.35. The molecule has 1 aromatic rings. The number of hydrogen-bond donors (Lipinski definition) is 1. The molecule has 1 saturated heterocycles. The Kier molecular flexibility index (Phi) is 4.80. The Morgan fingerprint density at radius 1 is 1.27 bits per heavy atom. The van der Waals surface area contributed by atoms with E-state index in [0.717, 1.165) is 6.42 Å². The first kappa shape index (κ1) is 16.0. The first-order valence-corrected chi connectivity index (χ1v) is 7.30. The summed E-state index contributed by atoms with van der Waals surface area (Å²) in [6.45, 7) is 1.99. The molecule has 0 spiro atoms. The summed E-state index contributed by atoms with van der Waals surface area (Å²) in [5, 5.41) is 2.66. The quantitative estimate of drug-likeness (QED) is 0.916. The number of amides is 3. The third-order valence-corrected chi connectivity index (χ3v) is 3.67. The summed E-state index contributed by atoms with van der Waals surface area (Å²) < 4.78 is 0. The van der Waals surface area contributed by atoms with Gasteiger partial charge < -0.3 is 15.1 Å². The second-order valence-electron chi connectivity index (χ2n) is 5.65. The molecule has 1 fully saturated rings. The molecule has 3 amide bonds. The number of likely N-dealkylation sites (N-methyl/N-ethyl adjacent to an activating group) is 1. The third-order valence-electron chi connectivity index (χ3n) is 3.67. The van der Waals surface area contributed by atoms with Crippen molar-refractivity contribution in [1.29, 1.82) is 0 Å². The summed E-state index contributed by atoms with van der Waals surface area (Å²) >= 11 is 0. The Morgan fingerprint density at radius 2 is 2.00 bits per heavy atom. The number of likely N-dealkylation sites (tertiary alicyclic amines) is 1. The lowest BCUT2D eigenvalue weighted by molar-refractivity contribution is -0.132. The normalized spacial score (nSPS) is 17.2. The van der Waals surface area contributed by atoms with Crippen LogP contribution in [0.1, 0.15) is 30.1 Å².